The zero-order valence-electron chi connectivity index (χ0n) is 31.9. The van der Waals surface area contributed by atoms with Gasteiger partial charge in [0.2, 0.25) is 0 Å². The Labute approximate surface area is 343 Å². The number of rotatable bonds is 6. The van der Waals surface area contributed by atoms with E-state index in [-0.39, 0.29) is 82.1 Å². The molecule has 0 N–H and O–H groups in total. The van der Waals surface area contributed by atoms with Gasteiger partial charge in [0.1, 0.15) is 0 Å². The summed E-state index contributed by atoms with van der Waals surface area (Å²) in [6, 6.07) is 39.9. The van der Waals surface area contributed by atoms with E-state index >= 15 is 0 Å². The molecule has 2 radical (unpaired) electrons. The summed E-state index contributed by atoms with van der Waals surface area (Å²) in [5.41, 5.74) is 11.0. The quantitative estimate of drug-likeness (QED) is 0.116. The molecule has 0 fully saturated rings. The molecule has 0 spiro atoms. The normalized spacial score (nSPS) is 9.67. The summed E-state index contributed by atoms with van der Waals surface area (Å²) < 4.78 is 0. The molecule has 254 valence electrons. The first kappa shape index (κ1) is 51.5. The van der Waals surface area contributed by atoms with Crippen molar-refractivity contribution in [1.82, 2.24) is 0 Å². The minimum atomic E-state index is 0. The van der Waals surface area contributed by atoms with Crippen molar-refractivity contribution >= 4 is 31.1 Å². The van der Waals surface area contributed by atoms with Gasteiger partial charge < -0.3 is 52.3 Å². The third-order valence-electron chi connectivity index (χ3n) is 7.73. The molecule has 0 unspecified atom stereocenters. The Morgan fingerprint density at radius 3 is 1.12 bits per heavy atom. The van der Waals surface area contributed by atoms with Crippen LogP contribution >= 0.6 is 0 Å². The average molecular weight is 822 g/mol. The Balaban J connectivity index is -0.000000718. The maximum Gasteiger partial charge on any atom is 4.00 e. The Morgan fingerprint density at radius 1 is 0.531 bits per heavy atom. The molecular weight excluding hydrogens is 763 g/mol. The van der Waals surface area contributed by atoms with E-state index in [9.17, 15) is 0 Å². The molecule has 0 nitrogen and oxygen atoms in total. The van der Waals surface area contributed by atoms with Crippen LogP contribution < -0.4 is 0 Å². The number of fused-ring (bicyclic) bond motifs is 2. The zero-order chi connectivity index (χ0) is 30.9. The molecule has 0 aliphatic rings. The number of aryl methyl sites for hydroxylation is 2. The van der Waals surface area contributed by atoms with Crippen LogP contribution in [0, 0.1) is 68.5 Å². The molecule has 6 rings (SSSR count). The second-order valence-electron chi connectivity index (χ2n) is 12.4. The van der Waals surface area contributed by atoms with Crippen LogP contribution in [0.25, 0.3) is 43.8 Å². The summed E-state index contributed by atoms with van der Waals surface area (Å²) in [7, 11) is 0.583. The Hall–Kier alpha value is -1.92. The first-order valence-corrected chi connectivity index (χ1v) is 16.9. The first-order valence-electron chi connectivity index (χ1n) is 15.5. The molecule has 6 aromatic carbocycles. The summed E-state index contributed by atoms with van der Waals surface area (Å²) in [6.07, 6.45) is 2.31. The molecule has 0 aliphatic heterocycles. The minimum Gasteiger partial charge on any atom is -0.385 e. The predicted octanol–water partition coefficient (Wildman–Crippen LogP) is 13.5. The van der Waals surface area contributed by atoms with Gasteiger partial charge in [0.05, 0.1) is 0 Å². The van der Waals surface area contributed by atoms with Gasteiger partial charge >= 0.3 is 52.4 Å². The second-order valence-corrected chi connectivity index (χ2v) is 12.9. The minimum absolute atomic E-state index is 0. The maximum absolute atomic E-state index is 3.40. The van der Waals surface area contributed by atoms with Crippen molar-refractivity contribution in [2.75, 3.05) is 0 Å². The van der Waals surface area contributed by atoms with E-state index in [0.717, 1.165) is 12.8 Å². The summed E-state index contributed by atoms with van der Waals surface area (Å²) >= 11 is 0. The Bertz CT molecular complexity index is 1590. The molecule has 0 amide bonds. The van der Waals surface area contributed by atoms with Gasteiger partial charge in [0.25, 0.3) is 0 Å². The zero-order valence-corrected chi connectivity index (χ0v) is 37.8. The van der Waals surface area contributed by atoms with E-state index in [4.69, 9.17) is 0 Å². The molecule has 0 bridgehead atoms. The fourth-order valence-electron chi connectivity index (χ4n) is 6.06. The fourth-order valence-corrected chi connectivity index (χ4v) is 6.06. The van der Waals surface area contributed by atoms with Crippen molar-refractivity contribution in [2.24, 2.45) is 11.8 Å². The van der Waals surface area contributed by atoms with Crippen LogP contribution in [0.5, 0.6) is 0 Å². The molecule has 0 aliphatic carbocycles. The van der Waals surface area contributed by atoms with Crippen LogP contribution in [-0.2, 0) is 65.2 Å². The summed E-state index contributed by atoms with van der Waals surface area (Å²) in [4.78, 5) is 0. The largest absolute Gasteiger partial charge is 4.00 e. The van der Waals surface area contributed by atoms with Gasteiger partial charge in [0.15, 0.2) is 0 Å². The Kier molecular flexibility index (Phi) is 26.4. The molecule has 0 atom stereocenters. The Morgan fingerprint density at radius 2 is 0.837 bits per heavy atom. The smallest absolute Gasteiger partial charge is 0.385 e. The van der Waals surface area contributed by atoms with Crippen molar-refractivity contribution in [3.05, 3.63) is 174 Å². The molecule has 0 saturated carbocycles. The van der Waals surface area contributed by atoms with Crippen LogP contribution in [0.2, 0.25) is 0 Å². The molecule has 6 aromatic rings. The van der Waals surface area contributed by atoms with E-state index in [0.29, 0.717) is 21.4 Å². The van der Waals surface area contributed by atoms with E-state index in [1.165, 1.54) is 66.1 Å². The SMILES string of the molecule is Cc1ccc2[cH-]c(CC(C)C)cc2c1-c1ccccc1.Cc1ccc2[cH-]c(CC(C)C)cc2c1-c1ccccc1.[CH2-][Si][CH2-].[CH3-].[CH3-].[CH3-].[CH3-].[Zr+4].[Zr+4]. The standard InChI is InChI=1S/2C20H21.C2H4Si.4CH3.2Zr/c2*1-14(2)11-16-12-18-10-9-15(3)20(19(18)13-16)17-7-5-4-6-8-17;1-3-2;;;;;;/h2*4-10,12-14H,11H2,1-3H3;1-2H2;4*1H3;;/q2*-1;-2;4*-1;2*+4. The van der Waals surface area contributed by atoms with Gasteiger partial charge in [-0.1, -0.05) is 111 Å². The summed E-state index contributed by atoms with van der Waals surface area (Å²) in [5, 5.41) is 5.52. The second kappa shape index (κ2) is 25.1. The van der Waals surface area contributed by atoms with Crippen LogP contribution in [0.15, 0.2) is 109 Å². The average Bonchev–Trinajstić information content (AvgIpc) is 3.57. The van der Waals surface area contributed by atoms with Crippen LogP contribution in [-0.4, -0.2) is 9.52 Å². The van der Waals surface area contributed by atoms with Crippen molar-refractivity contribution in [3.63, 3.8) is 0 Å². The third-order valence-corrected chi connectivity index (χ3v) is 7.73. The first-order chi connectivity index (χ1) is 20.7. The summed E-state index contributed by atoms with van der Waals surface area (Å²) in [6.45, 7) is 20.3. The van der Waals surface area contributed by atoms with Gasteiger partial charge in [-0.3, -0.25) is 0 Å². The van der Waals surface area contributed by atoms with Crippen molar-refractivity contribution in [1.29, 1.82) is 0 Å². The molecule has 0 saturated heterocycles. The topological polar surface area (TPSA) is 0 Å². The van der Waals surface area contributed by atoms with Crippen LogP contribution in [0.4, 0.5) is 0 Å². The van der Waals surface area contributed by atoms with Crippen LogP contribution in [0.3, 0.4) is 0 Å². The fraction of sp³-hybridized carbons (Fsp3) is 0.217. The number of benzene rings is 4. The maximum atomic E-state index is 3.40. The van der Waals surface area contributed by atoms with Crippen molar-refractivity contribution < 1.29 is 52.4 Å². The summed E-state index contributed by atoms with van der Waals surface area (Å²) in [5.74, 6) is 1.40. The van der Waals surface area contributed by atoms with Gasteiger partial charge in [0, 0.05) is 0 Å². The van der Waals surface area contributed by atoms with Gasteiger partial charge in [-0.15, -0.1) is 69.1 Å². The van der Waals surface area contributed by atoms with E-state index in [1.807, 2.05) is 0 Å². The third kappa shape index (κ3) is 14.0. The van der Waals surface area contributed by atoms with E-state index in [1.54, 1.807) is 0 Å². The van der Waals surface area contributed by atoms with Gasteiger partial charge in [-0.05, 0) is 49.7 Å². The number of hydrogen-bond donors (Lipinski definition) is 0. The molecular formula is C46H58SiZr2. The van der Waals surface area contributed by atoms with E-state index in [2.05, 4.69) is 164 Å². The molecule has 49 heavy (non-hydrogen) atoms. The van der Waals surface area contributed by atoms with Gasteiger partial charge in [-0.25, -0.2) is 0 Å². The monoisotopic (exact) mass is 818 g/mol. The molecule has 0 aromatic heterocycles. The molecule has 3 heteroatoms. The van der Waals surface area contributed by atoms with Gasteiger partial charge in [-0.2, -0.15) is 12.1 Å². The predicted molar refractivity (Wildman–Crippen MR) is 219 cm³/mol. The number of hydrogen-bond acceptors (Lipinski definition) is 0. The van der Waals surface area contributed by atoms with Crippen molar-refractivity contribution in [2.45, 2.75) is 54.4 Å². The van der Waals surface area contributed by atoms with Crippen molar-refractivity contribution in [3.8, 4) is 22.3 Å². The molecule has 0 heterocycles. The van der Waals surface area contributed by atoms with Crippen LogP contribution in [0.1, 0.15) is 49.9 Å². The van der Waals surface area contributed by atoms with E-state index < -0.39 is 0 Å².